The van der Waals surface area contributed by atoms with E-state index in [9.17, 15) is 4.79 Å². The molecule has 0 aliphatic rings. The number of aromatic nitrogens is 3. The van der Waals surface area contributed by atoms with Gasteiger partial charge in [-0.05, 0) is 56.5 Å². The Labute approximate surface area is 153 Å². The summed E-state index contributed by atoms with van der Waals surface area (Å²) in [7, 11) is 1.92. The summed E-state index contributed by atoms with van der Waals surface area (Å²) in [5, 5.41) is 5.73. The zero-order chi connectivity index (χ0) is 18.7. The van der Waals surface area contributed by atoms with Crippen molar-refractivity contribution in [3.8, 4) is 11.3 Å². The van der Waals surface area contributed by atoms with Gasteiger partial charge in [-0.3, -0.25) is 14.5 Å². The zero-order valence-electron chi connectivity index (χ0n) is 15.5. The first kappa shape index (κ1) is 17.9. The molecule has 6 heteroatoms. The minimum absolute atomic E-state index is 0.165. The van der Waals surface area contributed by atoms with Crippen molar-refractivity contribution in [3.63, 3.8) is 0 Å². The molecular formula is C20H24N4O2. The van der Waals surface area contributed by atoms with Gasteiger partial charge in [0.05, 0.1) is 12.1 Å². The second-order valence-electron chi connectivity index (χ2n) is 6.38. The zero-order valence-corrected chi connectivity index (χ0v) is 15.5. The van der Waals surface area contributed by atoms with Crippen LogP contribution in [-0.4, -0.2) is 27.3 Å². The molecule has 0 saturated heterocycles. The number of benzene rings is 1. The van der Waals surface area contributed by atoms with E-state index in [1.807, 2.05) is 43.8 Å². The quantitative estimate of drug-likeness (QED) is 0.543. The van der Waals surface area contributed by atoms with E-state index < -0.39 is 0 Å². The summed E-state index contributed by atoms with van der Waals surface area (Å²) in [5.74, 6) is -0.165. The normalized spacial score (nSPS) is 11.0. The summed E-state index contributed by atoms with van der Waals surface area (Å²) in [5.41, 5.74) is 11.9. The van der Waals surface area contributed by atoms with Gasteiger partial charge in [0.2, 0.25) is 0 Å². The summed E-state index contributed by atoms with van der Waals surface area (Å²) < 4.78 is 6.83. The number of nitrogens with zero attached hydrogens (tertiary/aromatic N) is 3. The Morgan fingerprint density at radius 2 is 2.12 bits per heavy atom. The maximum Gasteiger partial charge on any atom is 0.305 e. The molecule has 2 aromatic heterocycles. The Morgan fingerprint density at radius 1 is 1.31 bits per heavy atom. The Kier molecular flexibility index (Phi) is 5.21. The average molecular weight is 352 g/mol. The molecule has 6 nitrogen and oxygen atoms in total. The number of aryl methyl sites for hydroxylation is 3. The first-order valence-corrected chi connectivity index (χ1v) is 8.83. The van der Waals surface area contributed by atoms with Crippen molar-refractivity contribution in [2.45, 2.75) is 33.1 Å². The minimum Gasteiger partial charge on any atom is -0.466 e. The number of carbonyl (C=O) groups is 1. The highest BCUT2D eigenvalue weighted by molar-refractivity contribution is 5.95. The third kappa shape index (κ3) is 3.69. The summed E-state index contributed by atoms with van der Waals surface area (Å²) in [6.07, 6.45) is 3.63. The standard InChI is InChI=1S/C20H24N4O2/c1-4-26-19(25)7-5-6-14-11-16-18(12-17(14)21)24(3)23-20(16)15-8-9-22-13(2)10-15/h8-12H,4-7,21H2,1-3H3. The van der Waals surface area contributed by atoms with Gasteiger partial charge in [-0.15, -0.1) is 0 Å². The lowest BCUT2D eigenvalue weighted by atomic mass is 10.0. The van der Waals surface area contributed by atoms with Crippen molar-refractivity contribution < 1.29 is 9.53 Å². The molecule has 0 unspecified atom stereocenters. The van der Waals surface area contributed by atoms with Gasteiger partial charge in [-0.25, -0.2) is 0 Å². The van der Waals surface area contributed by atoms with Crippen LogP contribution in [0.4, 0.5) is 5.69 Å². The number of ether oxygens (including phenoxy) is 1. The maximum atomic E-state index is 11.5. The lowest BCUT2D eigenvalue weighted by Crippen LogP contribution is -2.04. The lowest BCUT2D eigenvalue weighted by molar-refractivity contribution is -0.143. The molecule has 0 amide bonds. The number of pyridine rings is 1. The second-order valence-corrected chi connectivity index (χ2v) is 6.38. The molecule has 1 aromatic carbocycles. The van der Waals surface area contributed by atoms with Crippen molar-refractivity contribution in [2.24, 2.45) is 7.05 Å². The third-order valence-electron chi connectivity index (χ3n) is 4.41. The summed E-state index contributed by atoms with van der Waals surface area (Å²) in [6.45, 7) is 4.19. The minimum atomic E-state index is -0.165. The van der Waals surface area contributed by atoms with E-state index in [0.717, 1.165) is 45.5 Å². The molecular weight excluding hydrogens is 328 g/mol. The molecule has 0 bridgehead atoms. The number of carbonyl (C=O) groups excluding carboxylic acids is 1. The highest BCUT2D eigenvalue weighted by Crippen LogP contribution is 2.31. The fourth-order valence-corrected chi connectivity index (χ4v) is 3.14. The first-order valence-electron chi connectivity index (χ1n) is 8.83. The van der Waals surface area contributed by atoms with Crippen LogP contribution in [0.2, 0.25) is 0 Å². The summed E-state index contributed by atoms with van der Waals surface area (Å²) in [6, 6.07) is 8.04. The van der Waals surface area contributed by atoms with Crippen molar-refractivity contribution in [3.05, 3.63) is 41.7 Å². The van der Waals surface area contributed by atoms with Crippen LogP contribution in [-0.2, 0) is 23.0 Å². The van der Waals surface area contributed by atoms with E-state index in [-0.39, 0.29) is 5.97 Å². The Hall–Kier alpha value is -2.89. The van der Waals surface area contributed by atoms with Crippen LogP contribution in [0.15, 0.2) is 30.5 Å². The highest BCUT2D eigenvalue weighted by atomic mass is 16.5. The van der Waals surface area contributed by atoms with Crippen molar-refractivity contribution >= 4 is 22.6 Å². The van der Waals surface area contributed by atoms with E-state index in [0.29, 0.717) is 19.4 Å². The predicted molar refractivity (Wildman–Crippen MR) is 103 cm³/mol. The van der Waals surface area contributed by atoms with Crippen LogP contribution in [0.25, 0.3) is 22.2 Å². The number of esters is 1. The number of hydrogen-bond donors (Lipinski definition) is 1. The van der Waals surface area contributed by atoms with Gasteiger partial charge < -0.3 is 10.5 Å². The molecule has 0 atom stereocenters. The molecule has 0 spiro atoms. The van der Waals surface area contributed by atoms with Gasteiger partial charge in [0, 0.05) is 42.0 Å². The van der Waals surface area contributed by atoms with Crippen LogP contribution in [0, 0.1) is 6.92 Å². The number of anilines is 1. The predicted octanol–water partition coefficient (Wildman–Crippen LogP) is 3.41. The molecule has 0 radical (unpaired) electrons. The van der Waals surface area contributed by atoms with Gasteiger partial charge in [0.15, 0.2) is 0 Å². The molecule has 0 saturated carbocycles. The van der Waals surface area contributed by atoms with Gasteiger partial charge in [0.1, 0.15) is 5.69 Å². The molecule has 2 heterocycles. The number of rotatable bonds is 6. The average Bonchev–Trinajstić information content (AvgIpc) is 2.91. The van der Waals surface area contributed by atoms with Gasteiger partial charge in [-0.1, -0.05) is 0 Å². The summed E-state index contributed by atoms with van der Waals surface area (Å²) in [4.78, 5) is 15.8. The van der Waals surface area contributed by atoms with E-state index >= 15 is 0 Å². The monoisotopic (exact) mass is 352 g/mol. The van der Waals surface area contributed by atoms with E-state index in [4.69, 9.17) is 10.5 Å². The highest BCUT2D eigenvalue weighted by Gasteiger charge is 2.14. The Bertz CT molecular complexity index is 946. The topological polar surface area (TPSA) is 83.0 Å². The van der Waals surface area contributed by atoms with Crippen molar-refractivity contribution in [2.75, 3.05) is 12.3 Å². The largest absolute Gasteiger partial charge is 0.466 e. The number of hydrogen-bond acceptors (Lipinski definition) is 5. The van der Waals surface area contributed by atoms with Gasteiger partial charge in [0.25, 0.3) is 0 Å². The van der Waals surface area contributed by atoms with Gasteiger partial charge >= 0.3 is 5.97 Å². The number of nitrogens with two attached hydrogens (primary N) is 1. The van der Waals surface area contributed by atoms with Crippen LogP contribution in [0.3, 0.4) is 0 Å². The number of nitrogen functional groups attached to an aromatic ring is 1. The molecule has 0 aliphatic carbocycles. The van der Waals surface area contributed by atoms with E-state index in [2.05, 4.69) is 16.1 Å². The smallest absolute Gasteiger partial charge is 0.305 e. The van der Waals surface area contributed by atoms with Crippen LogP contribution in [0.5, 0.6) is 0 Å². The molecule has 0 fully saturated rings. The summed E-state index contributed by atoms with van der Waals surface area (Å²) >= 11 is 0. The van der Waals surface area contributed by atoms with Crippen molar-refractivity contribution in [1.82, 2.24) is 14.8 Å². The van der Waals surface area contributed by atoms with Crippen molar-refractivity contribution in [1.29, 1.82) is 0 Å². The molecule has 136 valence electrons. The fourth-order valence-electron chi connectivity index (χ4n) is 3.14. The maximum absolute atomic E-state index is 11.5. The van der Waals surface area contributed by atoms with Crippen LogP contribution >= 0.6 is 0 Å². The van der Waals surface area contributed by atoms with Crippen LogP contribution < -0.4 is 5.73 Å². The molecule has 0 aliphatic heterocycles. The van der Waals surface area contributed by atoms with Gasteiger partial charge in [-0.2, -0.15) is 5.10 Å². The Balaban J connectivity index is 1.93. The third-order valence-corrected chi connectivity index (χ3v) is 4.41. The first-order chi connectivity index (χ1) is 12.5. The number of fused-ring (bicyclic) bond motifs is 1. The molecule has 3 aromatic rings. The molecule has 3 rings (SSSR count). The second kappa shape index (κ2) is 7.56. The molecule has 2 N–H and O–H groups in total. The Morgan fingerprint density at radius 3 is 2.85 bits per heavy atom. The fraction of sp³-hybridized carbons (Fsp3) is 0.350. The van der Waals surface area contributed by atoms with Crippen LogP contribution in [0.1, 0.15) is 31.0 Å². The lowest BCUT2D eigenvalue weighted by Gasteiger charge is -2.07. The van der Waals surface area contributed by atoms with E-state index in [1.165, 1.54) is 0 Å². The SMILES string of the molecule is CCOC(=O)CCCc1cc2c(-c3ccnc(C)c3)nn(C)c2cc1N. The van der Waals surface area contributed by atoms with E-state index in [1.54, 1.807) is 6.20 Å². The molecule has 26 heavy (non-hydrogen) atoms.